The summed E-state index contributed by atoms with van der Waals surface area (Å²) in [5.41, 5.74) is 2.04. The first-order chi connectivity index (χ1) is 13.8. The van der Waals surface area contributed by atoms with Crippen LogP contribution in [0.3, 0.4) is 0 Å². The van der Waals surface area contributed by atoms with Crippen LogP contribution in [-0.2, 0) is 0 Å². The van der Waals surface area contributed by atoms with Gasteiger partial charge >= 0.3 is 0 Å². The molecular weight excluding hydrogens is 348 g/mol. The fraction of sp³-hybridized carbons (Fsp3) is 0.292. The summed E-state index contributed by atoms with van der Waals surface area (Å²) in [7, 11) is 1.69. The smallest absolute Gasteiger partial charge is 0.124 e. The zero-order chi connectivity index (χ0) is 19.3. The second-order valence-electron chi connectivity index (χ2n) is 7.25. The molecule has 0 aliphatic carbocycles. The van der Waals surface area contributed by atoms with Gasteiger partial charge < -0.3 is 9.84 Å². The Morgan fingerprint density at radius 3 is 2.54 bits per heavy atom. The summed E-state index contributed by atoms with van der Waals surface area (Å²) < 4.78 is 5.30. The second-order valence-corrected chi connectivity index (χ2v) is 7.25. The molecule has 0 amide bonds. The topological polar surface area (TPSA) is 45.1 Å². The number of nitrogens with zero attached hydrogens (tertiary/aromatic N) is 2. The van der Waals surface area contributed by atoms with E-state index < -0.39 is 0 Å². The fourth-order valence-corrected chi connectivity index (χ4v) is 3.97. The van der Waals surface area contributed by atoms with Crippen LogP contribution >= 0.6 is 0 Å². The molecule has 1 saturated heterocycles. The SMILES string of the molecule is COc1ccc([C@H](CN=Cc2c(O)ccc3ccccc23)N2CCCC2)cc1. The summed E-state index contributed by atoms with van der Waals surface area (Å²) in [6.07, 6.45) is 4.30. The van der Waals surface area contributed by atoms with E-state index in [1.165, 1.54) is 18.4 Å². The zero-order valence-corrected chi connectivity index (χ0v) is 16.2. The van der Waals surface area contributed by atoms with Crippen molar-refractivity contribution >= 4 is 17.0 Å². The van der Waals surface area contributed by atoms with Crippen molar-refractivity contribution in [3.05, 3.63) is 71.8 Å². The number of likely N-dealkylation sites (tertiary alicyclic amines) is 1. The van der Waals surface area contributed by atoms with E-state index in [2.05, 4.69) is 23.1 Å². The molecule has 1 aliphatic rings. The van der Waals surface area contributed by atoms with Crippen molar-refractivity contribution in [3.8, 4) is 11.5 Å². The monoisotopic (exact) mass is 374 g/mol. The molecule has 3 aromatic carbocycles. The molecule has 0 aromatic heterocycles. The van der Waals surface area contributed by atoms with E-state index in [1.807, 2.05) is 42.6 Å². The predicted molar refractivity (Wildman–Crippen MR) is 115 cm³/mol. The number of aromatic hydroxyl groups is 1. The van der Waals surface area contributed by atoms with Gasteiger partial charge in [-0.1, -0.05) is 42.5 Å². The average Bonchev–Trinajstić information content (AvgIpc) is 3.27. The molecule has 3 aromatic rings. The summed E-state index contributed by atoms with van der Waals surface area (Å²) in [5, 5.41) is 12.5. The number of fused-ring (bicyclic) bond motifs is 1. The predicted octanol–water partition coefficient (Wildman–Crippen LogP) is 4.81. The van der Waals surface area contributed by atoms with Gasteiger partial charge in [0.2, 0.25) is 0 Å². The summed E-state index contributed by atoms with van der Waals surface area (Å²) >= 11 is 0. The van der Waals surface area contributed by atoms with Gasteiger partial charge in [0.15, 0.2) is 0 Å². The maximum absolute atomic E-state index is 10.3. The van der Waals surface area contributed by atoms with Gasteiger partial charge in [0, 0.05) is 11.8 Å². The molecule has 1 fully saturated rings. The van der Waals surface area contributed by atoms with Crippen LogP contribution in [0.4, 0.5) is 0 Å². The van der Waals surface area contributed by atoms with Gasteiger partial charge in [0.05, 0.1) is 19.7 Å². The van der Waals surface area contributed by atoms with Crippen LogP contribution in [-0.4, -0.2) is 43.0 Å². The van der Waals surface area contributed by atoms with Gasteiger partial charge in [0.1, 0.15) is 11.5 Å². The number of methoxy groups -OCH3 is 1. The van der Waals surface area contributed by atoms with E-state index in [9.17, 15) is 5.11 Å². The molecular formula is C24H26N2O2. The van der Waals surface area contributed by atoms with Gasteiger partial charge in [-0.3, -0.25) is 9.89 Å². The molecule has 0 spiro atoms. The maximum Gasteiger partial charge on any atom is 0.124 e. The third kappa shape index (κ3) is 3.87. The number of rotatable bonds is 6. The molecule has 1 aliphatic heterocycles. The molecule has 1 atom stereocenters. The highest BCUT2D eigenvalue weighted by Crippen LogP contribution is 2.28. The molecule has 1 heterocycles. The molecule has 1 N–H and O–H groups in total. The van der Waals surface area contributed by atoms with Crippen LogP contribution in [0.1, 0.15) is 30.0 Å². The van der Waals surface area contributed by atoms with Crippen LogP contribution in [0, 0.1) is 0 Å². The lowest BCUT2D eigenvalue weighted by atomic mass is 10.0. The quantitative estimate of drug-likeness (QED) is 0.630. The lowest BCUT2D eigenvalue weighted by molar-refractivity contribution is 0.252. The molecule has 0 saturated carbocycles. The second kappa shape index (κ2) is 8.44. The van der Waals surface area contributed by atoms with Crippen LogP contribution in [0.25, 0.3) is 10.8 Å². The fourth-order valence-electron chi connectivity index (χ4n) is 3.97. The normalized spacial score (nSPS) is 16.0. The molecule has 4 heteroatoms. The van der Waals surface area contributed by atoms with Gasteiger partial charge in [-0.05, 0) is 60.5 Å². The van der Waals surface area contributed by atoms with E-state index in [1.54, 1.807) is 13.2 Å². The minimum Gasteiger partial charge on any atom is -0.507 e. The first kappa shape index (κ1) is 18.5. The van der Waals surface area contributed by atoms with Crippen LogP contribution in [0.5, 0.6) is 11.5 Å². The van der Waals surface area contributed by atoms with E-state index in [4.69, 9.17) is 9.73 Å². The highest BCUT2D eigenvalue weighted by Gasteiger charge is 2.23. The number of phenolic OH excluding ortho intramolecular Hbond substituents is 1. The summed E-state index contributed by atoms with van der Waals surface area (Å²) in [5.74, 6) is 1.14. The van der Waals surface area contributed by atoms with Crippen molar-refractivity contribution < 1.29 is 9.84 Å². The van der Waals surface area contributed by atoms with Crippen LogP contribution in [0.15, 0.2) is 65.7 Å². The lowest BCUT2D eigenvalue weighted by Crippen LogP contribution is -2.27. The Kier molecular flexibility index (Phi) is 5.58. The Hall–Kier alpha value is -2.85. The largest absolute Gasteiger partial charge is 0.507 e. The summed E-state index contributed by atoms with van der Waals surface area (Å²) in [6, 6.07) is 20.3. The van der Waals surface area contributed by atoms with E-state index in [0.717, 1.165) is 35.2 Å². The summed E-state index contributed by atoms with van der Waals surface area (Å²) in [6.45, 7) is 2.87. The first-order valence-corrected chi connectivity index (χ1v) is 9.85. The number of aliphatic imine (C=N–C) groups is 1. The van der Waals surface area contributed by atoms with Gasteiger partial charge in [-0.2, -0.15) is 0 Å². The lowest BCUT2D eigenvalue weighted by Gasteiger charge is -2.26. The molecule has 0 radical (unpaired) electrons. The Morgan fingerprint density at radius 2 is 1.79 bits per heavy atom. The van der Waals surface area contributed by atoms with E-state index in [0.29, 0.717) is 6.54 Å². The molecule has 4 nitrogen and oxygen atoms in total. The van der Waals surface area contributed by atoms with E-state index in [-0.39, 0.29) is 11.8 Å². The Labute approximate surface area is 166 Å². The minimum absolute atomic E-state index is 0.238. The van der Waals surface area contributed by atoms with Crippen molar-refractivity contribution in [1.29, 1.82) is 0 Å². The number of phenols is 1. The number of benzene rings is 3. The standard InChI is InChI=1S/C24H26N2O2/c1-28-20-11-8-19(9-12-20)23(26-14-4-5-15-26)17-25-16-22-21-7-3-2-6-18(21)10-13-24(22)27/h2-3,6-13,16,23,27H,4-5,14-15,17H2,1H3/t23-/m0/s1. The molecule has 144 valence electrons. The molecule has 28 heavy (non-hydrogen) atoms. The minimum atomic E-state index is 0.238. The van der Waals surface area contributed by atoms with Crippen molar-refractivity contribution in [2.24, 2.45) is 4.99 Å². The van der Waals surface area contributed by atoms with Crippen molar-refractivity contribution in [2.75, 3.05) is 26.7 Å². The first-order valence-electron chi connectivity index (χ1n) is 9.85. The Bertz CT molecular complexity index is 960. The zero-order valence-electron chi connectivity index (χ0n) is 16.2. The van der Waals surface area contributed by atoms with Crippen molar-refractivity contribution in [1.82, 2.24) is 4.90 Å². The third-order valence-corrected chi connectivity index (χ3v) is 5.53. The van der Waals surface area contributed by atoms with Gasteiger partial charge in [0.25, 0.3) is 0 Å². The van der Waals surface area contributed by atoms with E-state index >= 15 is 0 Å². The highest BCUT2D eigenvalue weighted by atomic mass is 16.5. The third-order valence-electron chi connectivity index (χ3n) is 5.53. The Morgan fingerprint density at radius 1 is 1.04 bits per heavy atom. The van der Waals surface area contributed by atoms with Crippen LogP contribution in [0.2, 0.25) is 0 Å². The summed E-state index contributed by atoms with van der Waals surface area (Å²) in [4.78, 5) is 7.26. The maximum atomic E-state index is 10.3. The number of hydrogen-bond donors (Lipinski definition) is 1. The molecule has 0 unspecified atom stereocenters. The van der Waals surface area contributed by atoms with Crippen molar-refractivity contribution in [3.63, 3.8) is 0 Å². The van der Waals surface area contributed by atoms with Gasteiger partial charge in [-0.15, -0.1) is 0 Å². The number of hydrogen-bond acceptors (Lipinski definition) is 4. The highest BCUT2D eigenvalue weighted by molar-refractivity contribution is 6.02. The molecule has 0 bridgehead atoms. The Balaban J connectivity index is 1.60. The van der Waals surface area contributed by atoms with Gasteiger partial charge in [-0.25, -0.2) is 0 Å². The average molecular weight is 374 g/mol. The number of ether oxygens (including phenoxy) is 1. The van der Waals surface area contributed by atoms with Crippen LogP contribution < -0.4 is 4.74 Å². The van der Waals surface area contributed by atoms with Crippen molar-refractivity contribution in [2.45, 2.75) is 18.9 Å². The molecule has 4 rings (SSSR count).